The molecule has 0 radical (unpaired) electrons. The Hall–Kier alpha value is -0.480. The zero-order valence-corrected chi connectivity index (χ0v) is 14.1. The molecule has 1 N–H and O–H groups in total. The largest absolute Gasteiger partial charge is 0.393 e. The first-order valence-electron chi connectivity index (χ1n) is 6.90. The molecule has 1 aromatic carbocycles. The van der Waals surface area contributed by atoms with Gasteiger partial charge in [0.25, 0.3) is 0 Å². The summed E-state index contributed by atoms with van der Waals surface area (Å²) in [5.41, 5.74) is 0.139. The smallest absolute Gasteiger partial charge is 0.143 e. The summed E-state index contributed by atoms with van der Waals surface area (Å²) in [5, 5.41) is 10.1. The van der Waals surface area contributed by atoms with Gasteiger partial charge >= 0.3 is 0 Å². The Bertz CT molecular complexity index is 455. The van der Waals surface area contributed by atoms with Crippen LogP contribution in [0.2, 0.25) is 0 Å². The molecule has 1 nitrogen and oxygen atoms in total. The number of hydrogen-bond donors (Lipinski definition) is 1. The second kappa shape index (κ2) is 6.99. The third-order valence-electron chi connectivity index (χ3n) is 3.21. The van der Waals surface area contributed by atoms with E-state index in [1.807, 2.05) is 0 Å². The van der Waals surface area contributed by atoms with Crippen molar-refractivity contribution < 1.29 is 13.9 Å². The molecule has 0 saturated heterocycles. The van der Waals surface area contributed by atoms with Crippen molar-refractivity contribution in [1.29, 1.82) is 0 Å². The lowest BCUT2D eigenvalue weighted by molar-refractivity contribution is 0.131. The maximum Gasteiger partial charge on any atom is 0.143 e. The molecule has 0 aliphatic heterocycles. The Morgan fingerprint density at radius 2 is 1.85 bits per heavy atom. The molecule has 0 spiro atoms. The molecular weight excluding hydrogens is 326 g/mol. The third kappa shape index (κ3) is 5.49. The number of benzene rings is 1. The van der Waals surface area contributed by atoms with Gasteiger partial charge in [-0.1, -0.05) is 27.7 Å². The first-order chi connectivity index (χ1) is 9.10. The van der Waals surface area contributed by atoms with Gasteiger partial charge in [-0.05, 0) is 52.2 Å². The van der Waals surface area contributed by atoms with Crippen LogP contribution in [0.15, 0.2) is 16.6 Å². The molecule has 114 valence electrons. The van der Waals surface area contributed by atoms with Gasteiger partial charge in [0.15, 0.2) is 0 Å². The topological polar surface area (TPSA) is 20.2 Å². The van der Waals surface area contributed by atoms with Crippen molar-refractivity contribution >= 4 is 15.9 Å². The molecule has 0 amide bonds. The molecule has 0 aliphatic carbocycles. The van der Waals surface area contributed by atoms with Crippen molar-refractivity contribution in [1.82, 2.24) is 0 Å². The Morgan fingerprint density at radius 3 is 2.40 bits per heavy atom. The first-order valence-corrected chi connectivity index (χ1v) is 7.70. The zero-order chi connectivity index (χ0) is 15.5. The Kier molecular flexibility index (Phi) is 6.14. The van der Waals surface area contributed by atoms with Gasteiger partial charge in [0.1, 0.15) is 11.6 Å². The SMILES string of the molecule is CC(CC(O)Cc1c(F)ccc(Br)c1F)CC(C)(C)C. The normalized spacial score (nSPS) is 15.2. The predicted molar refractivity (Wildman–Crippen MR) is 81.6 cm³/mol. The van der Waals surface area contributed by atoms with Crippen LogP contribution in [0.3, 0.4) is 0 Å². The van der Waals surface area contributed by atoms with Crippen LogP contribution in [0.5, 0.6) is 0 Å². The minimum atomic E-state index is -0.731. The highest BCUT2D eigenvalue weighted by atomic mass is 79.9. The summed E-state index contributed by atoms with van der Waals surface area (Å²) in [4.78, 5) is 0. The van der Waals surface area contributed by atoms with Crippen molar-refractivity contribution in [2.75, 3.05) is 0 Å². The lowest BCUT2D eigenvalue weighted by Gasteiger charge is -2.25. The standard InChI is InChI=1S/C16H23BrF2O/c1-10(9-16(2,3)4)7-11(20)8-12-14(18)6-5-13(17)15(12)19/h5-6,10-11,20H,7-9H2,1-4H3. The maximum absolute atomic E-state index is 13.8. The highest BCUT2D eigenvalue weighted by Gasteiger charge is 2.21. The molecule has 0 aromatic heterocycles. The van der Waals surface area contributed by atoms with E-state index in [0.29, 0.717) is 12.3 Å². The van der Waals surface area contributed by atoms with Gasteiger partial charge in [-0.25, -0.2) is 8.78 Å². The van der Waals surface area contributed by atoms with E-state index in [-0.39, 0.29) is 21.9 Å². The summed E-state index contributed by atoms with van der Waals surface area (Å²) < 4.78 is 27.7. The van der Waals surface area contributed by atoms with Gasteiger partial charge in [-0.15, -0.1) is 0 Å². The van der Waals surface area contributed by atoms with Crippen molar-refractivity contribution in [2.24, 2.45) is 11.3 Å². The number of hydrogen-bond acceptors (Lipinski definition) is 1. The molecule has 1 rings (SSSR count). The molecule has 0 heterocycles. The maximum atomic E-state index is 13.8. The minimum absolute atomic E-state index is 0.00555. The lowest BCUT2D eigenvalue weighted by atomic mass is 9.82. The van der Waals surface area contributed by atoms with Crippen LogP contribution >= 0.6 is 15.9 Å². The Morgan fingerprint density at radius 1 is 1.25 bits per heavy atom. The minimum Gasteiger partial charge on any atom is -0.393 e. The van der Waals surface area contributed by atoms with Gasteiger partial charge < -0.3 is 5.11 Å². The molecule has 20 heavy (non-hydrogen) atoms. The fraction of sp³-hybridized carbons (Fsp3) is 0.625. The van der Waals surface area contributed by atoms with Crippen LogP contribution in [-0.2, 0) is 6.42 Å². The second-order valence-electron chi connectivity index (χ2n) is 6.79. The molecule has 0 aliphatic rings. The van der Waals surface area contributed by atoms with Crippen molar-refractivity contribution in [3.05, 3.63) is 33.8 Å². The van der Waals surface area contributed by atoms with Gasteiger partial charge in [0.2, 0.25) is 0 Å². The van der Waals surface area contributed by atoms with Gasteiger partial charge in [0.05, 0.1) is 10.6 Å². The zero-order valence-electron chi connectivity index (χ0n) is 12.5. The van der Waals surface area contributed by atoms with E-state index in [0.717, 1.165) is 6.42 Å². The molecule has 0 bridgehead atoms. The van der Waals surface area contributed by atoms with Crippen LogP contribution in [0.4, 0.5) is 8.78 Å². The third-order valence-corrected chi connectivity index (χ3v) is 3.83. The number of aliphatic hydroxyl groups is 1. The summed E-state index contributed by atoms with van der Waals surface area (Å²) >= 11 is 3.04. The number of halogens is 3. The van der Waals surface area contributed by atoms with Gasteiger partial charge in [-0.3, -0.25) is 0 Å². The van der Waals surface area contributed by atoms with Crippen molar-refractivity contribution in [3.63, 3.8) is 0 Å². The lowest BCUT2D eigenvalue weighted by Crippen LogP contribution is -2.20. The molecule has 0 saturated carbocycles. The quantitative estimate of drug-likeness (QED) is 0.734. The number of rotatable bonds is 5. The average Bonchev–Trinajstić information content (AvgIpc) is 2.27. The monoisotopic (exact) mass is 348 g/mol. The molecule has 2 unspecified atom stereocenters. The fourth-order valence-electron chi connectivity index (χ4n) is 2.67. The van der Waals surface area contributed by atoms with E-state index in [1.165, 1.54) is 12.1 Å². The number of aliphatic hydroxyl groups excluding tert-OH is 1. The van der Waals surface area contributed by atoms with Crippen LogP contribution in [0, 0.1) is 23.0 Å². The highest BCUT2D eigenvalue weighted by Crippen LogP contribution is 2.28. The highest BCUT2D eigenvalue weighted by molar-refractivity contribution is 9.10. The Balaban J connectivity index is 2.68. The van der Waals surface area contributed by atoms with E-state index >= 15 is 0 Å². The first kappa shape index (κ1) is 17.6. The molecule has 2 atom stereocenters. The molecule has 1 aromatic rings. The van der Waals surface area contributed by atoms with Crippen LogP contribution in [-0.4, -0.2) is 11.2 Å². The summed E-state index contributed by atoms with van der Waals surface area (Å²) in [5.74, 6) is -0.913. The average molecular weight is 349 g/mol. The van der Waals surface area contributed by atoms with Crippen LogP contribution in [0.25, 0.3) is 0 Å². The fourth-order valence-corrected chi connectivity index (χ4v) is 3.04. The van der Waals surface area contributed by atoms with E-state index in [4.69, 9.17) is 0 Å². The van der Waals surface area contributed by atoms with E-state index in [2.05, 4.69) is 43.6 Å². The summed E-state index contributed by atoms with van der Waals surface area (Å²) in [6.07, 6.45) is 0.785. The van der Waals surface area contributed by atoms with Crippen molar-refractivity contribution in [3.8, 4) is 0 Å². The van der Waals surface area contributed by atoms with E-state index < -0.39 is 17.7 Å². The van der Waals surface area contributed by atoms with Crippen LogP contribution in [0.1, 0.15) is 46.1 Å². The van der Waals surface area contributed by atoms with E-state index in [9.17, 15) is 13.9 Å². The molecule has 0 fully saturated rings. The summed E-state index contributed by atoms with van der Waals surface area (Å²) in [7, 11) is 0. The summed E-state index contributed by atoms with van der Waals surface area (Å²) in [6, 6.07) is 2.55. The van der Waals surface area contributed by atoms with E-state index in [1.54, 1.807) is 0 Å². The van der Waals surface area contributed by atoms with Crippen molar-refractivity contribution in [2.45, 2.75) is 53.1 Å². The summed E-state index contributed by atoms with van der Waals surface area (Å²) in [6.45, 7) is 8.48. The van der Waals surface area contributed by atoms with Gasteiger partial charge in [0, 0.05) is 12.0 Å². The molecule has 4 heteroatoms. The predicted octanol–water partition coefficient (Wildman–Crippen LogP) is 5.09. The Labute approximate surface area is 128 Å². The van der Waals surface area contributed by atoms with Gasteiger partial charge in [-0.2, -0.15) is 0 Å². The van der Waals surface area contributed by atoms with Crippen LogP contribution < -0.4 is 0 Å². The second-order valence-corrected chi connectivity index (χ2v) is 7.64. The molecular formula is C16H23BrF2O.